The molecule has 2 aromatic rings. The summed E-state index contributed by atoms with van der Waals surface area (Å²) in [4.78, 5) is 26.5. The molecule has 12 heteroatoms. The number of halogens is 3. The van der Waals surface area contributed by atoms with Gasteiger partial charge in [-0.2, -0.15) is 17.5 Å². The number of carbonyl (C=O) groups excluding carboxylic acids is 1. The number of alkyl halides is 3. The number of nitrogens with zero attached hydrogens (tertiary/aromatic N) is 3. The van der Waals surface area contributed by atoms with Crippen molar-refractivity contribution in [1.82, 2.24) is 14.2 Å². The number of benzene rings is 1. The minimum atomic E-state index is -4.53. The Morgan fingerprint density at radius 3 is 2.28 bits per heavy atom. The predicted octanol–water partition coefficient (Wildman–Crippen LogP) is 2.64. The lowest BCUT2D eigenvalue weighted by Gasteiger charge is -2.39. The molecule has 0 aliphatic carbocycles. The topological polar surface area (TPSA) is 108 Å². The number of pyridine rings is 1. The lowest BCUT2D eigenvalue weighted by atomic mass is 10.1. The van der Waals surface area contributed by atoms with E-state index in [0.29, 0.717) is 11.3 Å². The van der Waals surface area contributed by atoms with E-state index < -0.39 is 27.8 Å². The zero-order valence-electron chi connectivity index (χ0n) is 17.3. The summed E-state index contributed by atoms with van der Waals surface area (Å²) in [6, 6.07) is 6.30. The highest BCUT2D eigenvalue weighted by molar-refractivity contribution is 7.89. The standard InChI is InChI=1S/C19H20F3N3O3S.CH2O2/c1-13-11-15(7-8-23-13)18(26)25-10-9-24(12-14(25)2)29(27,28)17-5-3-16(4-6-17)19(20,21)22;2-1-3/h3-8,11,14H,9-10,12H2,1-2H3;1H,(H,2,3)/t14-;/m0./s1. The zero-order chi connectivity index (χ0) is 24.1. The molecule has 1 aromatic heterocycles. The highest BCUT2D eigenvalue weighted by atomic mass is 32.2. The summed E-state index contributed by atoms with van der Waals surface area (Å²) in [5, 5.41) is 6.89. The van der Waals surface area contributed by atoms with Gasteiger partial charge in [0.1, 0.15) is 0 Å². The molecule has 1 amide bonds. The van der Waals surface area contributed by atoms with E-state index >= 15 is 0 Å². The smallest absolute Gasteiger partial charge is 0.416 e. The van der Waals surface area contributed by atoms with Crippen LogP contribution in [0.25, 0.3) is 0 Å². The van der Waals surface area contributed by atoms with Crippen molar-refractivity contribution in [2.45, 2.75) is 31.0 Å². The number of carboxylic acid groups (broad SMARTS) is 1. The van der Waals surface area contributed by atoms with Gasteiger partial charge in [0.2, 0.25) is 10.0 Å². The van der Waals surface area contributed by atoms with Crippen molar-refractivity contribution < 1.29 is 36.3 Å². The molecule has 1 saturated heterocycles. The number of sulfonamides is 1. The molecule has 1 fully saturated rings. The normalized spacial score (nSPS) is 17.3. The second-order valence-electron chi connectivity index (χ2n) is 7.02. The highest BCUT2D eigenvalue weighted by Gasteiger charge is 2.35. The van der Waals surface area contributed by atoms with Gasteiger partial charge in [0, 0.05) is 43.1 Å². The fourth-order valence-corrected chi connectivity index (χ4v) is 4.77. The first kappa shape index (κ1) is 25.3. The number of hydrogen-bond donors (Lipinski definition) is 1. The van der Waals surface area contributed by atoms with Crippen LogP contribution in [0, 0.1) is 6.92 Å². The van der Waals surface area contributed by atoms with Crippen LogP contribution in [0.5, 0.6) is 0 Å². The van der Waals surface area contributed by atoms with Gasteiger partial charge in [0.25, 0.3) is 12.4 Å². The first-order chi connectivity index (χ1) is 14.9. The Morgan fingerprint density at radius 1 is 1.19 bits per heavy atom. The van der Waals surface area contributed by atoms with Crippen LogP contribution in [0.15, 0.2) is 47.5 Å². The minimum absolute atomic E-state index is 0.0547. The summed E-state index contributed by atoms with van der Waals surface area (Å²) in [5.74, 6) is -0.213. The van der Waals surface area contributed by atoms with Gasteiger partial charge < -0.3 is 10.0 Å². The first-order valence-corrected chi connectivity index (χ1v) is 10.8. The third-order valence-corrected chi connectivity index (χ3v) is 6.69. The average Bonchev–Trinajstić information content (AvgIpc) is 2.73. The molecule has 1 aromatic carbocycles. The predicted molar refractivity (Wildman–Crippen MR) is 108 cm³/mol. The monoisotopic (exact) mass is 473 g/mol. The maximum absolute atomic E-state index is 12.8. The van der Waals surface area contributed by atoms with Crippen LogP contribution in [0.2, 0.25) is 0 Å². The summed E-state index contributed by atoms with van der Waals surface area (Å²) in [7, 11) is -3.96. The molecule has 1 aliphatic rings. The van der Waals surface area contributed by atoms with Crippen LogP contribution >= 0.6 is 0 Å². The van der Waals surface area contributed by atoms with Crippen LogP contribution in [-0.2, 0) is 21.0 Å². The molecule has 1 N–H and O–H groups in total. The van der Waals surface area contributed by atoms with Crippen molar-refractivity contribution in [3.63, 3.8) is 0 Å². The van der Waals surface area contributed by atoms with Crippen molar-refractivity contribution in [3.05, 3.63) is 59.4 Å². The number of aromatic nitrogens is 1. The van der Waals surface area contributed by atoms with Gasteiger partial charge in [-0.3, -0.25) is 14.6 Å². The Bertz CT molecular complexity index is 1060. The molecule has 32 heavy (non-hydrogen) atoms. The van der Waals surface area contributed by atoms with E-state index in [0.717, 1.165) is 24.3 Å². The highest BCUT2D eigenvalue weighted by Crippen LogP contribution is 2.30. The van der Waals surface area contributed by atoms with Crippen molar-refractivity contribution in [2.24, 2.45) is 0 Å². The summed E-state index contributed by atoms with van der Waals surface area (Å²) in [5.41, 5.74) is 0.267. The second kappa shape index (κ2) is 10.1. The maximum Gasteiger partial charge on any atom is 0.416 e. The first-order valence-electron chi connectivity index (χ1n) is 9.40. The number of aryl methyl sites for hydroxylation is 1. The number of amides is 1. The SMILES string of the molecule is Cc1cc(C(=O)N2CCN(S(=O)(=O)c3ccc(C(F)(F)F)cc3)C[C@@H]2C)ccn1.O=CO. The molecule has 174 valence electrons. The molecule has 1 aliphatic heterocycles. The molecule has 1 atom stereocenters. The zero-order valence-corrected chi connectivity index (χ0v) is 18.1. The van der Waals surface area contributed by atoms with Gasteiger partial charge in [-0.25, -0.2) is 8.42 Å². The lowest BCUT2D eigenvalue weighted by molar-refractivity contribution is -0.137. The Balaban J connectivity index is 0.00000114. The number of hydrogen-bond acceptors (Lipinski definition) is 5. The fourth-order valence-electron chi connectivity index (χ4n) is 3.25. The van der Waals surface area contributed by atoms with Gasteiger partial charge in [0.05, 0.1) is 10.5 Å². The molecule has 8 nitrogen and oxygen atoms in total. The third kappa shape index (κ3) is 5.82. The number of rotatable bonds is 3. The minimum Gasteiger partial charge on any atom is -0.483 e. The quantitative estimate of drug-likeness (QED) is 0.687. The molecular weight excluding hydrogens is 451 g/mol. The van der Waals surface area contributed by atoms with Crippen LogP contribution in [-0.4, -0.2) is 65.8 Å². The van der Waals surface area contributed by atoms with E-state index in [9.17, 15) is 26.4 Å². The Kier molecular flexibility index (Phi) is 7.97. The average molecular weight is 473 g/mol. The van der Waals surface area contributed by atoms with E-state index in [4.69, 9.17) is 9.90 Å². The molecular formula is C20H22F3N3O5S. The van der Waals surface area contributed by atoms with Gasteiger partial charge in [-0.1, -0.05) is 0 Å². The van der Waals surface area contributed by atoms with E-state index in [1.807, 2.05) is 0 Å². The number of piperazine rings is 1. The van der Waals surface area contributed by atoms with Gasteiger partial charge in [0.15, 0.2) is 0 Å². The van der Waals surface area contributed by atoms with Gasteiger partial charge >= 0.3 is 6.18 Å². The molecule has 2 heterocycles. The van der Waals surface area contributed by atoms with Crippen molar-refractivity contribution in [1.29, 1.82) is 0 Å². The Morgan fingerprint density at radius 2 is 1.78 bits per heavy atom. The summed E-state index contributed by atoms with van der Waals surface area (Å²) in [6.45, 7) is 3.55. The summed E-state index contributed by atoms with van der Waals surface area (Å²) in [6.07, 6.45) is -2.99. The molecule has 0 bridgehead atoms. The van der Waals surface area contributed by atoms with Gasteiger partial charge in [-0.05, 0) is 50.2 Å². The van der Waals surface area contributed by atoms with Crippen molar-refractivity contribution in [3.8, 4) is 0 Å². The van der Waals surface area contributed by atoms with Crippen molar-refractivity contribution >= 4 is 22.4 Å². The van der Waals surface area contributed by atoms with E-state index in [1.54, 1.807) is 37.1 Å². The Hall–Kier alpha value is -2.99. The summed E-state index contributed by atoms with van der Waals surface area (Å²) >= 11 is 0. The maximum atomic E-state index is 12.8. The van der Waals surface area contributed by atoms with Crippen LogP contribution in [0.1, 0.15) is 28.5 Å². The molecule has 0 unspecified atom stereocenters. The fraction of sp³-hybridized carbons (Fsp3) is 0.350. The van der Waals surface area contributed by atoms with Crippen LogP contribution in [0.3, 0.4) is 0 Å². The van der Waals surface area contributed by atoms with Crippen molar-refractivity contribution in [2.75, 3.05) is 19.6 Å². The van der Waals surface area contributed by atoms with E-state index in [1.165, 1.54) is 4.31 Å². The Labute approximate surface area is 183 Å². The molecule has 0 saturated carbocycles. The van der Waals surface area contributed by atoms with Gasteiger partial charge in [-0.15, -0.1) is 0 Å². The van der Waals surface area contributed by atoms with Crippen LogP contribution in [0.4, 0.5) is 13.2 Å². The molecule has 0 spiro atoms. The molecule has 3 rings (SSSR count). The third-order valence-electron chi connectivity index (χ3n) is 4.81. The van der Waals surface area contributed by atoms with E-state index in [-0.39, 0.29) is 36.9 Å². The molecule has 0 radical (unpaired) electrons. The second-order valence-corrected chi connectivity index (χ2v) is 8.96. The number of carbonyl (C=O) groups is 2. The van der Waals surface area contributed by atoms with E-state index in [2.05, 4.69) is 4.98 Å². The summed E-state index contributed by atoms with van der Waals surface area (Å²) < 4.78 is 64.9. The van der Waals surface area contributed by atoms with Crippen LogP contribution < -0.4 is 0 Å². The largest absolute Gasteiger partial charge is 0.483 e. The lowest BCUT2D eigenvalue weighted by Crippen LogP contribution is -2.55.